The Balaban J connectivity index is 2.13. The van der Waals surface area contributed by atoms with Crippen molar-refractivity contribution in [3.05, 3.63) is 41.3 Å². The monoisotopic (exact) mass is 343 g/mol. The Bertz CT molecular complexity index is 877. The van der Waals surface area contributed by atoms with Crippen molar-refractivity contribution in [3.63, 3.8) is 0 Å². The van der Waals surface area contributed by atoms with Gasteiger partial charge in [0.15, 0.2) is 11.9 Å². The molecule has 0 amide bonds. The van der Waals surface area contributed by atoms with Gasteiger partial charge in [-0.05, 0) is 19.9 Å². The van der Waals surface area contributed by atoms with E-state index in [1.54, 1.807) is 0 Å². The van der Waals surface area contributed by atoms with Gasteiger partial charge in [0.1, 0.15) is 10.6 Å². The van der Waals surface area contributed by atoms with E-state index in [9.17, 15) is 15.0 Å². The molecule has 2 atom stereocenters. The van der Waals surface area contributed by atoms with E-state index in [0.717, 1.165) is 20.7 Å². The van der Waals surface area contributed by atoms with E-state index in [1.165, 1.54) is 18.3 Å². The zero-order valence-corrected chi connectivity index (χ0v) is 14.0. The molecule has 0 saturated carbocycles. The highest BCUT2D eigenvalue weighted by Gasteiger charge is 2.25. The molecule has 2 heterocycles. The zero-order chi connectivity index (χ0) is 17.3. The number of carboxylic acids is 1. The molecule has 0 aliphatic carbocycles. The van der Waals surface area contributed by atoms with Crippen molar-refractivity contribution in [2.45, 2.75) is 26.0 Å². The average molecular weight is 343 g/mol. The predicted octanol–water partition coefficient (Wildman–Crippen LogP) is 2.91. The summed E-state index contributed by atoms with van der Waals surface area (Å²) in [5.41, 5.74) is 0.845. The summed E-state index contributed by atoms with van der Waals surface area (Å²) < 4.78 is 0. The van der Waals surface area contributed by atoms with Crippen LogP contribution in [0, 0.1) is 6.92 Å². The maximum atomic E-state index is 11.4. The van der Waals surface area contributed by atoms with Crippen LogP contribution in [0.4, 0.5) is 5.82 Å². The molecule has 0 radical (unpaired) electrons. The van der Waals surface area contributed by atoms with E-state index in [4.69, 9.17) is 0 Å². The molecule has 124 valence electrons. The number of nitrogens with one attached hydrogen (secondary N) is 1. The number of rotatable bonds is 5. The standard InChI is InChI=1S/C17H17N3O3S/c1-9-8-12-15(18-13(10(2)21)17(22)23)19-14(20-16(12)24-9)11-6-4-3-5-7-11/h3-8,10,13,21H,1-2H3,(H,22,23)(H,18,19,20). The Morgan fingerprint density at radius 3 is 2.58 bits per heavy atom. The lowest BCUT2D eigenvalue weighted by Gasteiger charge is -2.18. The van der Waals surface area contributed by atoms with Gasteiger partial charge in [0, 0.05) is 10.4 Å². The summed E-state index contributed by atoms with van der Waals surface area (Å²) in [6.45, 7) is 3.39. The van der Waals surface area contributed by atoms with Crippen molar-refractivity contribution in [1.82, 2.24) is 9.97 Å². The SMILES string of the molecule is Cc1cc2c(NC(C(=O)O)C(C)O)nc(-c3ccccc3)nc2s1. The van der Waals surface area contributed by atoms with Crippen LogP contribution in [-0.4, -0.2) is 38.3 Å². The number of nitrogens with zero attached hydrogens (tertiary/aromatic N) is 2. The number of hydrogen-bond donors (Lipinski definition) is 3. The van der Waals surface area contributed by atoms with E-state index in [0.29, 0.717) is 11.6 Å². The maximum Gasteiger partial charge on any atom is 0.328 e. The van der Waals surface area contributed by atoms with Crippen molar-refractivity contribution in [2.75, 3.05) is 5.32 Å². The number of carboxylic acid groups (broad SMARTS) is 1. The number of thiophene rings is 1. The predicted molar refractivity (Wildman–Crippen MR) is 94.3 cm³/mol. The van der Waals surface area contributed by atoms with Crippen LogP contribution in [0.25, 0.3) is 21.6 Å². The Morgan fingerprint density at radius 1 is 1.25 bits per heavy atom. The van der Waals surface area contributed by atoms with Gasteiger partial charge in [-0.25, -0.2) is 14.8 Å². The minimum absolute atomic E-state index is 0.413. The number of hydrogen-bond acceptors (Lipinski definition) is 6. The lowest BCUT2D eigenvalue weighted by atomic mass is 10.1. The number of carbonyl (C=O) groups is 1. The van der Waals surface area contributed by atoms with E-state index < -0.39 is 18.1 Å². The molecule has 7 heteroatoms. The van der Waals surface area contributed by atoms with Crippen molar-refractivity contribution >= 4 is 33.3 Å². The molecule has 0 saturated heterocycles. The number of aliphatic hydroxyl groups is 1. The fourth-order valence-electron chi connectivity index (χ4n) is 2.40. The first-order valence-corrected chi connectivity index (χ1v) is 8.28. The molecule has 0 aliphatic rings. The Hall–Kier alpha value is -2.51. The van der Waals surface area contributed by atoms with E-state index >= 15 is 0 Å². The third-order valence-electron chi connectivity index (χ3n) is 3.59. The topological polar surface area (TPSA) is 95.3 Å². The van der Waals surface area contributed by atoms with E-state index in [1.807, 2.05) is 43.3 Å². The van der Waals surface area contributed by atoms with Crippen molar-refractivity contribution < 1.29 is 15.0 Å². The molecule has 0 bridgehead atoms. The summed E-state index contributed by atoms with van der Waals surface area (Å²) >= 11 is 1.52. The fourth-order valence-corrected chi connectivity index (χ4v) is 3.28. The highest BCUT2D eigenvalue weighted by Crippen LogP contribution is 2.31. The van der Waals surface area contributed by atoms with E-state index in [2.05, 4.69) is 15.3 Å². The zero-order valence-electron chi connectivity index (χ0n) is 13.2. The highest BCUT2D eigenvalue weighted by atomic mass is 32.1. The Morgan fingerprint density at radius 2 is 1.96 bits per heavy atom. The van der Waals surface area contributed by atoms with E-state index in [-0.39, 0.29) is 0 Å². The van der Waals surface area contributed by atoms with Crippen LogP contribution in [0.2, 0.25) is 0 Å². The Labute approximate surface area is 142 Å². The molecule has 2 aromatic heterocycles. The van der Waals surface area contributed by atoms with Crippen LogP contribution >= 0.6 is 11.3 Å². The first-order valence-electron chi connectivity index (χ1n) is 7.46. The molecule has 0 spiro atoms. The highest BCUT2D eigenvalue weighted by molar-refractivity contribution is 7.18. The number of aromatic nitrogens is 2. The van der Waals surface area contributed by atoms with Crippen LogP contribution in [0.1, 0.15) is 11.8 Å². The lowest BCUT2D eigenvalue weighted by molar-refractivity contribution is -0.140. The van der Waals surface area contributed by atoms with Crippen molar-refractivity contribution in [2.24, 2.45) is 0 Å². The fraction of sp³-hybridized carbons (Fsp3) is 0.235. The molecular weight excluding hydrogens is 326 g/mol. The molecule has 6 nitrogen and oxygen atoms in total. The molecule has 3 N–H and O–H groups in total. The summed E-state index contributed by atoms with van der Waals surface area (Å²) in [5.74, 6) is -0.205. The van der Waals surface area contributed by atoms with Crippen LogP contribution < -0.4 is 5.32 Å². The summed E-state index contributed by atoms with van der Waals surface area (Å²) in [5, 5.41) is 22.6. The summed E-state index contributed by atoms with van der Waals surface area (Å²) in [4.78, 5) is 22.3. The molecular formula is C17H17N3O3S. The van der Waals surface area contributed by atoms with Gasteiger partial charge in [0.05, 0.1) is 11.5 Å². The average Bonchev–Trinajstić information content (AvgIpc) is 2.92. The van der Waals surface area contributed by atoms with Gasteiger partial charge in [0.25, 0.3) is 0 Å². The second-order valence-corrected chi connectivity index (χ2v) is 6.77. The number of aliphatic carboxylic acids is 1. The van der Waals surface area contributed by atoms with Gasteiger partial charge in [-0.3, -0.25) is 0 Å². The lowest BCUT2D eigenvalue weighted by Crippen LogP contribution is -2.39. The summed E-state index contributed by atoms with van der Waals surface area (Å²) in [7, 11) is 0. The second-order valence-electron chi connectivity index (χ2n) is 5.54. The van der Waals surface area contributed by atoms with Crippen LogP contribution in [-0.2, 0) is 4.79 Å². The van der Waals surface area contributed by atoms with Gasteiger partial charge in [0.2, 0.25) is 0 Å². The minimum atomic E-state index is -1.15. The largest absolute Gasteiger partial charge is 0.480 e. The van der Waals surface area contributed by atoms with Crippen molar-refractivity contribution in [1.29, 1.82) is 0 Å². The van der Waals surface area contributed by atoms with Gasteiger partial charge >= 0.3 is 5.97 Å². The smallest absolute Gasteiger partial charge is 0.328 e. The Kier molecular flexibility index (Phi) is 4.46. The summed E-state index contributed by atoms with van der Waals surface area (Å²) in [6.07, 6.45) is -1.06. The summed E-state index contributed by atoms with van der Waals surface area (Å²) in [6, 6.07) is 10.3. The molecule has 2 unspecified atom stereocenters. The molecule has 3 aromatic rings. The second kappa shape index (κ2) is 6.54. The van der Waals surface area contributed by atoms with Crippen molar-refractivity contribution in [3.8, 4) is 11.4 Å². The number of benzene rings is 1. The quantitative estimate of drug-likeness (QED) is 0.659. The van der Waals surface area contributed by atoms with Gasteiger partial charge in [-0.1, -0.05) is 30.3 Å². The normalized spacial score (nSPS) is 13.6. The minimum Gasteiger partial charge on any atom is -0.480 e. The van der Waals surface area contributed by atoms with Crippen LogP contribution in [0.5, 0.6) is 0 Å². The molecule has 0 fully saturated rings. The number of aliphatic hydroxyl groups excluding tert-OH is 1. The third-order valence-corrected chi connectivity index (χ3v) is 4.53. The third kappa shape index (κ3) is 3.22. The molecule has 1 aromatic carbocycles. The van der Waals surface area contributed by atoms with Gasteiger partial charge < -0.3 is 15.5 Å². The van der Waals surface area contributed by atoms with Crippen LogP contribution in [0.3, 0.4) is 0 Å². The van der Waals surface area contributed by atoms with Gasteiger partial charge in [-0.2, -0.15) is 0 Å². The van der Waals surface area contributed by atoms with Crippen LogP contribution in [0.15, 0.2) is 36.4 Å². The molecule has 3 rings (SSSR count). The molecule has 0 aliphatic heterocycles. The molecule has 24 heavy (non-hydrogen) atoms. The number of anilines is 1. The maximum absolute atomic E-state index is 11.4. The van der Waals surface area contributed by atoms with Gasteiger partial charge in [-0.15, -0.1) is 11.3 Å². The number of aryl methyl sites for hydroxylation is 1. The first-order chi connectivity index (χ1) is 11.5. The number of fused-ring (bicyclic) bond motifs is 1. The first kappa shape index (κ1) is 16.4.